The zero-order valence-corrected chi connectivity index (χ0v) is 18.7. The van der Waals surface area contributed by atoms with Crippen LogP contribution in [0.15, 0.2) is 29.3 Å². The van der Waals surface area contributed by atoms with Crippen LogP contribution in [0.1, 0.15) is 31.4 Å². The zero-order valence-electron chi connectivity index (χ0n) is 16.4. The normalized spacial score (nSPS) is 24.0. The van der Waals surface area contributed by atoms with E-state index in [1.54, 1.807) is 0 Å². The lowest BCUT2D eigenvalue weighted by Crippen LogP contribution is -2.45. The van der Waals surface area contributed by atoms with Crippen molar-refractivity contribution in [2.75, 3.05) is 39.8 Å². The molecule has 6 heteroatoms. The van der Waals surface area contributed by atoms with Crippen molar-refractivity contribution in [1.29, 1.82) is 0 Å². The van der Waals surface area contributed by atoms with Crippen LogP contribution < -0.4 is 10.6 Å². The third-order valence-electron chi connectivity index (χ3n) is 5.53. The highest BCUT2D eigenvalue weighted by atomic mass is 127. The fraction of sp³-hybridized carbons (Fsp3) is 0.650. The van der Waals surface area contributed by atoms with E-state index in [0.717, 1.165) is 25.0 Å². The van der Waals surface area contributed by atoms with Gasteiger partial charge < -0.3 is 15.5 Å². The maximum atomic E-state index is 4.36. The van der Waals surface area contributed by atoms with Crippen molar-refractivity contribution in [1.82, 2.24) is 20.4 Å². The molecule has 2 fully saturated rings. The molecule has 2 atom stereocenters. The van der Waals surface area contributed by atoms with Gasteiger partial charge in [0.05, 0.1) is 0 Å². The van der Waals surface area contributed by atoms with E-state index in [1.165, 1.54) is 50.3 Å². The lowest BCUT2D eigenvalue weighted by molar-refractivity contribution is 0.131. The van der Waals surface area contributed by atoms with Crippen LogP contribution in [0.2, 0.25) is 0 Å². The zero-order chi connectivity index (χ0) is 17.6. The number of hydrogen-bond acceptors (Lipinski definition) is 3. The van der Waals surface area contributed by atoms with E-state index in [1.807, 2.05) is 7.05 Å². The van der Waals surface area contributed by atoms with Crippen LogP contribution in [0.25, 0.3) is 0 Å². The Bertz CT molecular complexity index is 583. The lowest BCUT2D eigenvalue weighted by Gasteiger charge is -2.34. The minimum atomic E-state index is 0. The first-order valence-corrected chi connectivity index (χ1v) is 9.68. The fourth-order valence-electron chi connectivity index (χ4n) is 3.46. The van der Waals surface area contributed by atoms with Gasteiger partial charge in [-0.15, -0.1) is 24.0 Å². The Labute approximate surface area is 175 Å². The Morgan fingerprint density at radius 3 is 2.31 bits per heavy atom. The van der Waals surface area contributed by atoms with Gasteiger partial charge in [0, 0.05) is 52.4 Å². The molecule has 1 aliphatic heterocycles. The van der Waals surface area contributed by atoms with Crippen molar-refractivity contribution in [3.8, 4) is 0 Å². The molecule has 0 spiro atoms. The van der Waals surface area contributed by atoms with Crippen molar-refractivity contribution in [2.45, 2.75) is 39.4 Å². The molecule has 2 unspecified atom stereocenters. The molecule has 1 aromatic rings. The molecule has 0 aromatic heterocycles. The van der Waals surface area contributed by atoms with Gasteiger partial charge in [0.15, 0.2) is 5.96 Å². The highest BCUT2D eigenvalue weighted by Gasteiger charge is 2.33. The van der Waals surface area contributed by atoms with Crippen LogP contribution in [-0.2, 0) is 13.1 Å². The number of halogens is 1. The van der Waals surface area contributed by atoms with Gasteiger partial charge in [-0.2, -0.15) is 0 Å². The number of nitrogens with zero attached hydrogens (tertiary/aromatic N) is 3. The predicted octanol–water partition coefficient (Wildman–Crippen LogP) is 2.52. The summed E-state index contributed by atoms with van der Waals surface area (Å²) in [6.45, 7) is 12.3. The molecule has 1 saturated heterocycles. The second-order valence-electron chi connectivity index (χ2n) is 7.37. The first-order chi connectivity index (χ1) is 12.2. The van der Waals surface area contributed by atoms with Gasteiger partial charge in [-0.05, 0) is 30.0 Å². The molecule has 0 radical (unpaired) electrons. The molecule has 0 amide bonds. The quantitative estimate of drug-likeness (QED) is 0.380. The first kappa shape index (κ1) is 21.4. The monoisotopic (exact) mass is 471 g/mol. The number of benzene rings is 1. The summed E-state index contributed by atoms with van der Waals surface area (Å²) in [6.07, 6.45) is 1.25. The number of piperazine rings is 1. The summed E-state index contributed by atoms with van der Waals surface area (Å²) < 4.78 is 0. The molecule has 5 nitrogen and oxygen atoms in total. The van der Waals surface area contributed by atoms with E-state index in [0.29, 0.717) is 6.04 Å². The van der Waals surface area contributed by atoms with Crippen molar-refractivity contribution in [2.24, 2.45) is 10.9 Å². The Morgan fingerprint density at radius 2 is 1.73 bits per heavy atom. The van der Waals surface area contributed by atoms with Crippen molar-refractivity contribution >= 4 is 29.9 Å². The summed E-state index contributed by atoms with van der Waals surface area (Å²) in [7, 11) is 1.85. The third kappa shape index (κ3) is 6.09. The van der Waals surface area contributed by atoms with Crippen molar-refractivity contribution in [3.63, 3.8) is 0 Å². The lowest BCUT2D eigenvalue weighted by atomic mass is 10.1. The molecule has 1 aromatic carbocycles. The standard InChI is InChI=1S/C20H33N5.HI/c1-4-24-9-11-25(12-10-24)15-18-8-6-5-7-17(18)14-22-20(21-3)23-19-13-16(19)2;/h5-8,16,19H,4,9-15H2,1-3H3,(H2,21,22,23);1H. The Morgan fingerprint density at radius 1 is 1.12 bits per heavy atom. The average Bonchev–Trinajstić information content (AvgIpc) is 3.35. The van der Waals surface area contributed by atoms with Crippen LogP contribution in [0.5, 0.6) is 0 Å². The molecule has 0 bridgehead atoms. The Balaban J connectivity index is 0.00000243. The topological polar surface area (TPSA) is 42.9 Å². The average molecular weight is 471 g/mol. The molecular formula is C20H34IN5. The number of hydrogen-bond donors (Lipinski definition) is 2. The third-order valence-corrected chi connectivity index (χ3v) is 5.53. The van der Waals surface area contributed by atoms with Crippen LogP contribution in [-0.4, -0.2) is 61.6 Å². The number of rotatable bonds is 6. The van der Waals surface area contributed by atoms with Gasteiger partial charge in [0.2, 0.25) is 0 Å². The summed E-state index contributed by atoms with van der Waals surface area (Å²) in [5, 5.41) is 6.98. The van der Waals surface area contributed by atoms with Gasteiger partial charge in [0.1, 0.15) is 0 Å². The van der Waals surface area contributed by atoms with E-state index < -0.39 is 0 Å². The van der Waals surface area contributed by atoms with E-state index >= 15 is 0 Å². The molecule has 1 saturated carbocycles. The van der Waals surface area contributed by atoms with Crippen molar-refractivity contribution < 1.29 is 0 Å². The van der Waals surface area contributed by atoms with Gasteiger partial charge in [0.25, 0.3) is 0 Å². The molecular weight excluding hydrogens is 437 g/mol. The first-order valence-electron chi connectivity index (χ1n) is 9.68. The molecule has 2 N–H and O–H groups in total. The second kappa shape index (κ2) is 10.5. The maximum Gasteiger partial charge on any atom is 0.191 e. The Kier molecular flexibility index (Phi) is 8.63. The minimum absolute atomic E-state index is 0. The largest absolute Gasteiger partial charge is 0.353 e. The van der Waals surface area contributed by atoms with Crippen molar-refractivity contribution in [3.05, 3.63) is 35.4 Å². The molecule has 1 heterocycles. The van der Waals surface area contributed by atoms with Crippen LogP contribution in [0, 0.1) is 5.92 Å². The predicted molar refractivity (Wildman–Crippen MR) is 120 cm³/mol. The second-order valence-corrected chi connectivity index (χ2v) is 7.37. The SMILES string of the molecule is CCN1CCN(Cc2ccccc2CNC(=NC)NC2CC2C)CC1.I. The molecule has 2 aliphatic rings. The Hall–Kier alpha value is -0.860. The highest BCUT2D eigenvalue weighted by Crippen LogP contribution is 2.28. The molecule has 146 valence electrons. The van der Waals surface area contributed by atoms with E-state index in [9.17, 15) is 0 Å². The summed E-state index contributed by atoms with van der Waals surface area (Å²) in [4.78, 5) is 9.46. The van der Waals surface area contributed by atoms with Gasteiger partial charge in [-0.1, -0.05) is 38.1 Å². The van der Waals surface area contributed by atoms with Crippen LogP contribution in [0.4, 0.5) is 0 Å². The summed E-state index contributed by atoms with van der Waals surface area (Å²) in [5.74, 6) is 1.69. The molecule has 3 rings (SSSR count). The number of nitrogens with one attached hydrogen (secondary N) is 2. The van der Waals surface area contributed by atoms with Gasteiger partial charge in [-0.25, -0.2) is 0 Å². The fourth-order valence-corrected chi connectivity index (χ4v) is 3.46. The van der Waals surface area contributed by atoms with Gasteiger partial charge >= 0.3 is 0 Å². The number of likely N-dealkylation sites (N-methyl/N-ethyl adjacent to an activating group) is 1. The van der Waals surface area contributed by atoms with Gasteiger partial charge in [-0.3, -0.25) is 9.89 Å². The summed E-state index contributed by atoms with van der Waals surface area (Å²) in [5.41, 5.74) is 2.79. The van der Waals surface area contributed by atoms with E-state index in [-0.39, 0.29) is 24.0 Å². The van der Waals surface area contributed by atoms with E-state index in [2.05, 4.69) is 63.5 Å². The van der Waals surface area contributed by atoms with Crippen LogP contribution in [0.3, 0.4) is 0 Å². The maximum absolute atomic E-state index is 4.36. The number of aliphatic imine (C=N–C) groups is 1. The minimum Gasteiger partial charge on any atom is -0.353 e. The van der Waals surface area contributed by atoms with Crippen LogP contribution >= 0.6 is 24.0 Å². The highest BCUT2D eigenvalue weighted by molar-refractivity contribution is 14.0. The van der Waals surface area contributed by atoms with E-state index in [4.69, 9.17) is 0 Å². The summed E-state index contributed by atoms with van der Waals surface area (Å²) in [6, 6.07) is 9.38. The molecule has 1 aliphatic carbocycles. The summed E-state index contributed by atoms with van der Waals surface area (Å²) >= 11 is 0. The smallest absolute Gasteiger partial charge is 0.191 e. The number of guanidine groups is 1. The molecule has 26 heavy (non-hydrogen) atoms.